The van der Waals surface area contributed by atoms with E-state index in [0.717, 1.165) is 0 Å². The third-order valence-electron chi connectivity index (χ3n) is 2.70. The molecule has 0 radical (unpaired) electrons. The Labute approximate surface area is 123 Å². The van der Waals surface area contributed by atoms with Crippen molar-refractivity contribution in [2.24, 2.45) is 0 Å². The molecule has 2 aromatic carbocycles. The first kappa shape index (κ1) is 14.3. The zero-order chi connectivity index (χ0) is 14.7. The molecule has 0 aliphatic carbocycles. The first-order chi connectivity index (χ1) is 9.52. The van der Waals surface area contributed by atoms with Crippen LogP contribution in [0.2, 0.25) is 0 Å². The van der Waals surface area contributed by atoms with Gasteiger partial charge >= 0.3 is 0 Å². The van der Waals surface area contributed by atoms with Gasteiger partial charge in [-0.1, -0.05) is 6.07 Å². The number of amides is 1. The maximum atomic E-state index is 13.4. The van der Waals surface area contributed by atoms with Gasteiger partial charge in [-0.3, -0.25) is 4.79 Å². The second-order valence-corrected chi connectivity index (χ2v) is 4.80. The first-order valence-corrected chi connectivity index (χ1v) is 6.51. The van der Waals surface area contributed by atoms with Crippen LogP contribution < -0.4 is 15.8 Å². The average molecular weight is 339 g/mol. The van der Waals surface area contributed by atoms with Gasteiger partial charge < -0.3 is 15.8 Å². The van der Waals surface area contributed by atoms with Gasteiger partial charge in [0.15, 0.2) is 0 Å². The van der Waals surface area contributed by atoms with Gasteiger partial charge in [0.25, 0.3) is 5.91 Å². The predicted octanol–water partition coefficient (Wildman–Crippen LogP) is 3.43. The van der Waals surface area contributed by atoms with Crippen LogP contribution in [-0.2, 0) is 0 Å². The molecule has 0 aromatic heterocycles. The highest BCUT2D eigenvalue weighted by atomic mass is 79.9. The summed E-state index contributed by atoms with van der Waals surface area (Å²) in [6, 6.07) is 9.14. The van der Waals surface area contributed by atoms with Crippen LogP contribution in [-0.4, -0.2) is 13.0 Å². The molecule has 0 fully saturated rings. The largest absolute Gasteiger partial charge is 0.497 e. The number of nitrogens with one attached hydrogen (secondary N) is 1. The van der Waals surface area contributed by atoms with Crippen LogP contribution in [0.3, 0.4) is 0 Å². The van der Waals surface area contributed by atoms with Crippen molar-refractivity contribution in [2.75, 3.05) is 18.2 Å². The smallest absolute Gasteiger partial charge is 0.256 e. The van der Waals surface area contributed by atoms with Gasteiger partial charge in [0.05, 0.1) is 28.5 Å². The van der Waals surface area contributed by atoms with Crippen LogP contribution in [0, 0.1) is 5.82 Å². The van der Waals surface area contributed by atoms with Gasteiger partial charge in [-0.05, 0) is 40.2 Å². The summed E-state index contributed by atoms with van der Waals surface area (Å²) in [5.74, 6) is -0.360. The summed E-state index contributed by atoms with van der Waals surface area (Å²) in [6.07, 6.45) is 0. The number of ether oxygens (including phenoxy) is 1. The highest BCUT2D eigenvalue weighted by molar-refractivity contribution is 9.10. The Bertz CT molecular complexity index is 662. The highest BCUT2D eigenvalue weighted by Gasteiger charge is 2.14. The summed E-state index contributed by atoms with van der Waals surface area (Å²) < 4.78 is 18.5. The van der Waals surface area contributed by atoms with Gasteiger partial charge in [-0.15, -0.1) is 0 Å². The maximum absolute atomic E-state index is 13.4. The SMILES string of the molecule is COc1ccc(NC(=O)c2cccc(F)c2Br)c(N)c1. The Morgan fingerprint density at radius 3 is 2.75 bits per heavy atom. The zero-order valence-corrected chi connectivity index (χ0v) is 12.2. The first-order valence-electron chi connectivity index (χ1n) is 5.72. The number of carbonyl (C=O) groups excluding carboxylic acids is 1. The standard InChI is InChI=1S/C14H12BrFN2O2/c1-20-8-5-6-12(11(17)7-8)18-14(19)9-3-2-4-10(16)13(9)15/h2-7H,17H2,1H3,(H,18,19). The zero-order valence-electron chi connectivity index (χ0n) is 10.6. The normalized spacial score (nSPS) is 10.2. The quantitative estimate of drug-likeness (QED) is 0.842. The van der Waals surface area contributed by atoms with Gasteiger partial charge in [0.1, 0.15) is 11.6 Å². The van der Waals surface area contributed by atoms with Crippen molar-refractivity contribution >= 4 is 33.2 Å². The summed E-state index contributed by atoms with van der Waals surface area (Å²) >= 11 is 3.05. The van der Waals surface area contributed by atoms with E-state index in [0.29, 0.717) is 17.1 Å². The number of hydrogen-bond donors (Lipinski definition) is 2. The fourth-order valence-corrected chi connectivity index (χ4v) is 2.09. The topological polar surface area (TPSA) is 64.3 Å². The molecule has 3 N–H and O–H groups in total. The molecule has 0 saturated carbocycles. The third-order valence-corrected chi connectivity index (χ3v) is 3.51. The lowest BCUT2D eigenvalue weighted by Gasteiger charge is -2.10. The van der Waals surface area contributed by atoms with E-state index in [9.17, 15) is 9.18 Å². The van der Waals surface area contributed by atoms with Crippen molar-refractivity contribution < 1.29 is 13.9 Å². The molecular weight excluding hydrogens is 327 g/mol. The van der Waals surface area contributed by atoms with Crippen molar-refractivity contribution in [3.8, 4) is 5.75 Å². The van der Waals surface area contributed by atoms with Crippen LogP contribution in [0.1, 0.15) is 10.4 Å². The number of halogens is 2. The minimum absolute atomic E-state index is 0.115. The van der Waals surface area contributed by atoms with Crippen LogP contribution >= 0.6 is 15.9 Å². The van der Waals surface area contributed by atoms with E-state index in [4.69, 9.17) is 10.5 Å². The summed E-state index contributed by atoms with van der Waals surface area (Å²) in [4.78, 5) is 12.1. The Hall–Kier alpha value is -2.08. The van der Waals surface area contributed by atoms with Gasteiger partial charge in [-0.2, -0.15) is 0 Å². The van der Waals surface area contributed by atoms with Crippen molar-refractivity contribution in [3.63, 3.8) is 0 Å². The number of benzene rings is 2. The number of carbonyl (C=O) groups is 1. The average Bonchev–Trinajstić information content (AvgIpc) is 2.44. The molecule has 0 bridgehead atoms. The molecule has 0 atom stereocenters. The number of nitrogens with two attached hydrogens (primary N) is 1. The Morgan fingerprint density at radius 2 is 2.10 bits per heavy atom. The van der Waals surface area contributed by atoms with Crippen LogP contribution in [0.25, 0.3) is 0 Å². The summed E-state index contributed by atoms with van der Waals surface area (Å²) in [6.45, 7) is 0. The molecule has 0 aliphatic heterocycles. The number of hydrogen-bond acceptors (Lipinski definition) is 3. The molecule has 2 rings (SSSR count). The van der Waals surface area contributed by atoms with E-state index >= 15 is 0 Å². The minimum atomic E-state index is -0.500. The van der Waals surface area contributed by atoms with E-state index in [1.54, 1.807) is 18.2 Å². The van der Waals surface area contributed by atoms with Crippen LogP contribution in [0.5, 0.6) is 5.75 Å². The van der Waals surface area contributed by atoms with Crippen LogP contribution in [0.15, 0.2) is 40.9 Å². The minimum Gasteiger partial charge on any atom is -0.497 e. The van der Waals surface area contributed by atoms with E-state index in [1.807, 2.05) is 0 Å². The Kier molecular flexibility index (Phi) is 4.24. The molecule has 0 unspecified atom stereocenters. The second-order valence-electron chi connectivity index (χ2n) is 4.01. The molecular formula is C14H12BrFN2O2. The fraction of sp³-hybridized carbons (Fsp3) is 0.0714. The number of rotatable bonds is 3. The summed E-state index contributed by atoms with van der Waals surface area (Å²) in [5, 5.41) is 2.63. The molecule has 0 heterocycles. The highest BCUT2D eigenvalue weighted by Crippen LogP contribution is 2.26. The molecule has 6 heteroatoms. The number of nitrogen functional groups attached to an aromatic ring is 1. The van der Waals surface area contributed by atoms with Gasteiger partial charge in [0.2, 0.25) is 0 Å². The van der Waals surface area contributed by atoms with Crippen molar-refractivity contribution in [3.05, 3.63) is 52.3 Å². The van der Waals surface area contributed by atoms with Gasteiger partial charge in [0, 0.05) is 6.07 Å². The number of anilines is 2. The van der Waals surface area contributed by atoms with Crippen molar-refractivity contribution in [1.82, 2.24) is 0 Å². The van der Waals surface area contributed by atoms with Crippen LogP contribution in [0.4, 0.5) is 15.8 Å². The lowest BCUT2D eigenvalue weighted by Crippen LogP contribution is -2.14. The maximum Gasteiger partial charge on any atom is 0.256 e. The second kappa shape index (κ2) is 5.92. The third kappa shape index (κ3) is 2.91. The Balaban J connectivity index is 2.26. The monoisotopic (exact) mass is 338 g/mol. The predicted molar refractivity (Wildman–Crippen MR) is 79.5 cm³/mol. The van der Waals surface area contributed by atoms with E-state index in [2.05, 4.69) is 21.2 Å². The molecule has 0 spiro atoms. The molecule has 1 amide bonds. The lowest BCUT2D eigenvalue weighted by atomic mass is 10.2. The molecule has 20 heavy (non-hydrogen) atoms. The van der Waals surface area contributed by atoms with E-state index < -0.39 is 11.7 Å². The van der Waals surface area contributed by atoms with Crippen molar-refractivity contribution in [2.45, 2.75) is 0 Å². The van der Waals surface area contributed by atoms with Gasteiger partial charge in [-0.25, -0.2) is 4.39 Å². The van der Waals surface area contributed by atoms with E-state index in [1.165, 1.54) is 25.3 Å². The summed E-state index contributed by atoms with van der Waals surface area (Å²) in [5.41, 5.74) is 6.81. The molecule has 2 aromatic rings. The molecule has 0 saturated heterocycles. The Morgan fingerprint density at radius 1 is 1.35 bits per heavy atom. The molecule has 4 nitrogen and oxygen atoms in total. The molecule has 0 aliphatic rings. The fourth-order valence-electron chi connectivity index (χ4n) is 1.65. The number of methoxy groups -OCH3 is 1. The van der Waals surface area contributed by atoms with Crippen molar-refractivity contribution in [1.29, 1.82) is 0 Å². The summed E-state index contributed by atoms with van der Waals surface area (Å²) in [7, 11) is 1.52. The molecule has 104 valence electrons. The van der Waals surface area contributed by atoms with E-state index in [-0.39, 0.29) is 10.0 Å². The lowest BCUT2D eigenvalue weighted by molar-refractivity contribution is 0.102.